The quantitative estimate of drug-likeness (QED) is 0.574. The predicted octanol–water partition coefficient (Wildman–Crippen LogP) is 1.61. The molecular weight excluding hydrogens is 213 g/mol. The molecule has 0 radical (unpaired) electrons. The minimum Gasteiger partial charge on any atom is -0.469 e. The third kappa shape index (κ3) is 3.27. The van der Waals surface area contributed by atoms with Crippen LogP contribution in [-0.2, 0) is 9.53 Å². The first-order valence-corrected chi connectivity index (χ1v) is 4.51. The molecule has 0 aliphatic heterocycles. The molecule has 0 N–H and O–H groups in total. The highest BCUT2D eigenvalue weighted by atomic mass is 19.1. The molecule has 4 nitrogen and oxygen atoms in total. The Morgan fingerprint density at radius 3 is 3.00 bits per heavy atom. The Morgan fingerprint density at radius 1 is 1.62 bits per heavy atom. The predicted molar refractivity (Wildman–Crippen MR) is 55.2 cm³/mol. The number of pyridine rings is 1. The third-order valence-corrected chi connectivity index (χ3v) is 1.83. The van der Waals surface area contributed by atoms with E-state index in [0.717, 1.165) is 6.20 Å². The van der Waals surface area contributed by atoms with Crippen LogP contribution in [0.1, 0.15) is 22.5 Å². The second-order valence-corrected chi connectivity index (χ2v) is 2.93. The van der Waals surface area contributed by atoms with E-state index in [-0.39, 0.29) is 18.0 Å². The van der Waals surface area contributed by atoms with Gasteiger partial charge in [-0.1, -0.05) is 6.08 Å². The van der Waals surface area contributed by atoms with Crippen LogP contribution in [0, 0.1) is 5.82 Å². The second kappa shape index (κ2) is 5.75. The van der Waals surface area contributed by atoms with Crippen molar-refractivity contribution >= 4 is 18.3 Å². The topological polar surface area (TPSA) is 56.3 Å². The van der Waals surface area contributed by atoms with Crippen molar-refractivity contribution in [3.63, 3.8) is 0 Å². The highest BCUT2D eigenvalue weighted by Gasteiger charge is 2.01. The number of methoxy groups -OCH3 is 1. The van der Waals surface area contributed by atoms with Gasteiger partial charge in [0.25, 0.3) is 0 Å². The van der Waals surface area contributed by atoms with Crippen molar-refractivity contribution in [2.75, 3.05) is 7.11 Å². The van der Waals surface area contributed by atoms with E-state index in [2.05, 4.69) is 9.72 Å². The number of halogens is 1. The van der Waals surface area contributed by atoms with Gasteiger partial charge in [-0.2, -0.15) is 0 Å². The monoisotopic (exact) mass is 223 g/mol. The molecule has 0 unspecified atom stereocenters. The maximum atomic E-state index is 12.9. The third-order valence-electron chi connectivity index (χ3n) is 1.83. The lowest BCUT2D eigenvalue weighted by Crippen LogP contribution is -1.97. The summed E-state index contributed by atoms with van der Waals surface area (Å²) < 4.78 is 17.3. The maximum absolute atomic E-state index is 12.9. The van der Waals surface area contributed by atoms with Gasteiger partial charge in [-0.25, -0.2) is 4.39 Å². The summed E-state index contributed by atoms with van der Waals surface area (Å²) in [7, 11) is 1.29. The maximum Gasteiger partial charge on any atom is 0.309 e. The first kappa shape index (κ1) is 12.0. The molecule has 0 amide bonds. The Labute approximate surface area is 91.8 Å². The summed E-state index contributed by atoms with van der Waals surface area (Å²) in [5, 5.41) is 0. The minimum absolute atomic E-state index is 0.0623. The van der Waals surface area contributed by atoms with E-state index in [1.165, 1.54) is 25.3 Å². The smallest absolute Gasteiger partial charge is 0.309 e. The standard InChI is InChI=1S/C11H10FNO3/c1-16-11(15)4-2-3-9-5-8(7-14)10(12)6-13-9/h2-3,5-7H,4H2,1H3. The summed E-state index contributed by atoms with van der Waals surface area (Å²) in [5.41, 5.74) is 0.347. The summed E-state index contributed by atoms with van der Waals surface area (Å²) in [6.07, 6.45) is 4.52. The van der Waals surface area contributed by atoms with E-state index >= 15 is 0 Å². The van der Waals surface area contributed by atoms with E-state index in [4.69, 9.17) is 0 Å². The first-order chi connectivity index (χ1) is 7.67. The van der Waals surface area contributed by atoms with Gasteiger partial charge in [0, 0.05) is 0 Å². The van der Waals surface area contributed by atoms with E-state index in [9.17, 15) is 14.0 Å². The zero-order valence-electron chi connectivity index (χ0n) is 8.64. The Bertz CT molecular complexity index is 429. The van der Waals surface area contributed by atoms with Crippen molar-refractivity contribution in [1.29, 1.82) is 0 Å². The van der Waals surface area contributed by atoms with Crippen LogP contribution in [0.3, 0.4) is 0 Å². The fourth-order valence-corrected chi connectivity index (χ4v) is 1.01. The van der Waals surface area contributed by atoms with Gasteiger partial charge in [0.15, 0.2) is 12.1 Å². The molecule has 0 bridgehead atoms. The molecule has 1 aromatic rings. The van der Waals surface area contributed by atoms with E-state index in [1.54, 1.807) is 0 Å². The Morgan fingerprint density at radius 2 is 2.38 bits per heavy atom. The van der Waals surface area contributed by atoms with Crippen LogP contribution in [-0.4, -0.2) is 24.3 Å². The summed E-state index contributed by atoms with van der Waals surface area (Å²) in [6, 6.07) is 1.30. The van der Waals surface area contributed by atoms with E-state index < -0.39 is 5.82 Å². The Kier molecular flexibility index (Phi) is 4.32. The van der Waals surface area contributed by atoms with Crippen molar-refractivity contribution < 1.29 is 18.7 Å². The van der Waals surface area contributed by atoms with Gasteiger partial charge < -0.3 is 4.74 Å². The van der Waals surface area contributed by atoms with Crippen molar-refractivity contribution in [1.82, 2.24) is 4.98 Å². The number of hydrogen-bond acceptors (Lipinski definition) is 4. The highest BCUT2D eigenvalue weighted by Crippen LogP contribution is 2.07. The van der Waals surface area contributed by atoms with E-state index in [0.29, 0.717) is 12.0 Å². The van der Waals surface area contributed by atoms with Gasteiger partial charge in [-0.05, 0) is 12.1 Å². The Balaban J connectivity index is 2.74. The first-order valence-electron chi connectivity index (χ1n) is 4.51. The van der Waals surface area contributed by atoms with Crippen LogP contribution in [0.25, 0.3) is 6.08 Å². The number of aromatic nitrogens is 1. The second-order valence-electron chi connectivity index (χ2n) is 2.93. The van der Waals surface area contributed by atoms with Crippen LogP contribution in [0.2, 0.25) is 0 Å². The molecule has 0 atom stereocenters. The zero-order valence-corrected chi connectivity index (χ0v) is 8.64. The van der Waals surface area contributed by atoms with Crippen molar-refractivity contribution in [3.8, 4) is 0 Å². The molecule has 0 saturated heterocycles. The largest absolute Gasteiger partial charge is 0.469 e. The van der Waals surface area contributed by atoms with Gasteiger partial charge in [-0.3, -0.25) is 14.6 Å². The fraction of sp³-hybridized carbons (Fsp3) is 0.182. The van der Waals surface area contributed by atoms with Crippen LogP contribution in [0.15, 0.2) is 18.3 Å². The molecule has 0 aliphatic rings. The minimum atomic E-state index is -0.667. The molecular formula is C11H10FNO3. The zero-order chi connectivity index (χ0) is 12.0. The molecule has 5 heteroatoms. The van der Waals surface area contributed by atoms with Crippen LogP contribution < -0.4 is 0 Å². The number of aldehydes is 1. The lowest BCUT2D eigenvalue weighted by molar-refractivity contribution is -0.139. The average Bonchev–Trinajstić information content (AvgIpc) is 2.31. The van der Waals surface area contributed by atoms with Gasteiger partial charge in [0.1, 0.15) is 0 Å². The van der Waals surface area contributed by atoms with Crippen molar-refractivity contribution in [2.24, 2.45) is 0 Å². The highest BCUT2D eigenvalue weighted by molar-refractivity contribution is 5.76. The molecule has 16 heavy (non-hydrogen) atoms. The number of hydrogen-bond donors (Lipinski definition) is 0. The van der Waals surface area contributed by atoms with E-state index in [1.807, 2.05) is 0 Å². The SMILES string of the molecule is COC(=O)CC=Cc1cc(C=O)c(F)cn1. The van der Waals surface area contributed by atoms with Crippen LogP contribution in [0.4, 0.5) is 4.39 Å². The number of esters is 1. The lowest BCUT2D eigenvalue weighted by atomic mass is 10.2. The molecule has 0 aromatic carbocycles. The lowest BCUT2D eigenvalue weighted by Gasteiger charge is -1.96. The number of carbonyl (C=O) groups excluding carboxylic acids is 2. The van der Waals surface area contributed by atoms with Gasteiger partial charge in [0.05, 0.1) is 31.0 Å². The Hall–Kier alpha value is -2.04. The molecule has 1 aromatic heterocycles. The number of ether oxygens (including phenoxy) is 1. The van der Waals surface area contributed by atoms with Gasteiger partial charge in [0.2, 0.25) is 0 Å². The van der Waals surface area contributed by atoms with Crippen molar-refractivity contribution in [2.45, 2.75) is 6.42 Å². The summed E-state index contributed by atoms with van der Waals surface area (Å²) in [6.45, 7) is 0. The average molecular weight is 223 g/mol. The summed E-state index contributed by atoms with van der Waals surface area (Å²) in [5.74, 6) is -1.05. The number of nitrogens with zero attached hydrogens (tertiary/aromatic N) is 1. The molecule has 1 heterocycles. The molecule has 84 valence electrons. The van der Waals surface area contributed by atoms with Crippen LogP contribution >= 0.6 is 0 Å². The van der Waals surface area contributed by atoms with Crippen molar-refractivity contribution in [3.05, 3.63) is 35.4 Å². The normalized spacial score (nSPS) is 10.4. The molecule has 1 rings (SSSR count). The number of carbonyl (C=O) groups is 2. The van der Waals surface area contributed by atoms with Crippen LogP contribution in [0.5, 0.6) is 0 Å². The molecule has 0 aliphatic carbocycles. The molecule has 0 fully saturated rings. The van der Waals surface area contributed by atoms with Gasteiger partial charge >= 0.3 is 5.97 Å². The fourth-order valence-electron chi connectivity index (χ4n) is 1.01. The van der Waals surface area contributed by atoms with Gasteiger partial charge in [-0.15, -0.1) is 0 Å². The summed E-state index contributed by atoms with van der Waals surface area (Å²) in [4.78, 5) is 24.9. The number of rotatable bonds is 4. The molecule has 0 saturated carbocycles. The summed E-state index contributed by atoms with van der Waals surface area (Å²) >= 11 is 0. The molecule has 0 spiro atoms.